The van der Waals surface area contributed by atoms with Gasteiger partial charge in [0.15, 0.2) is 9.84 Å². The average molecular weight is 391 g/mol. The van der Waals surface area contributed by atoms with Crippen LogP contribution in [0.5, 0.6) is 0 Å². The summed E-state index contributed by atoms with van der Waals surface area (Å²) in [6.45, 7) is 2.29. The van der Waals surface area contributed by atoms with E-state index < -0.39 is 20.4 Å². The number of nitro benzene ring substituents is 1. The molecular formula is C18H21N3O5S. The summed E-state index contributed by atoms with van der Waals surface area (Å²) in [4.78, 5) is 21.6. The fraction of sp³-hybridized carbons (Fsp3) is 0.278. The number of carbonyl (C=O) groups excluding carboxylic acids is 1. The Labute approximate surface area is 157 Å². The fourth-order valence-electron chi connectivity index (χ4n) is 2.49. The smallest absolute Gasteiger partial charge is 0.288 e. The van der Waals surface area contributed by atoms with Crippen LogP contribution in [0, 0.1) is 10.1 Å². The molecule has 0 radical (unpaired) electrons. The largest absolute Gasteiger partial charge is 0.381 e. The maximum Gasteiger partial charge on any atom is 0.288 e. The highest BCUT2D eigenvalue weighted by atomic mass is 32.2. The van der Waals surface area contributed by atoms with Crippen LogP contribution in [0.1, 0.15) is 25.3 Å². The van der Waals surface area contributed by atoms with E-state index >= 15 is 0 Å². The highest BCUT2D eigenvalue weighted by Crippen LogP contribution is 2.27. The minimum absolute atomic E-state index is 0.0595. The first kappa shape index (κ1) is 20.4. The van der Waals surface area contributed by atoms with E-state index in [1.54, 1.807) is 12.1 Å². The first-order valence-corrected chi connectivity index (χ1v) is 10.2. The molecule has 0 aliphatic heterocycles. The average Bonchev–Trinajstić information content (AvgIpc) is 2.59. The van der Waals surface area contributed by atoms with E-state index in [4.69, 9.17) is 0 Å². The van der Waals surface area contributed by atoms with Gasteiger partial charge in [0.25, 0.3) is 5.69 Å². The van der Waals surface area contributed by atoms with Crippen molar-refractivity contribution in [3.63, 3.8) is 0 Å². The number of hydrogen-bond donors (Lipinski definition) is 2. The first-order chi connectivity index (χ1) is 12.7. The number of nitro groups is 1. The zero-order valence-electron chi connectivity index (χ0n) is 15.1. The van der Waals surface area contributed by atoms with E-state index in [1.165, 1.54) is 18.2 Å². The van der Waals surface area contributed by atoms with Crippen LogP contribution in [0.4, 0.5) is 17.1 Å². The van der Waals surface area contributed by atoms with Crippen molar-refractivity contribution in [2.24, 2.45) is 0 Å². The summed E-state index contributed by atoms with van der Waals surface area (Å²) in [5.74, 6) is -0.0595. The number of carbonyl (C=O) groups is 1. The maximum atomic E-state index is 11.8. The van der Waals surface area contributed by atoms with Gasteiger partial charge in [0.05, 0.1) is 4.92 Å². The van der Waals surface area contributed by atoms with Crippen molar-refractivity contribution in [3.8, 4) is 0 Å². The van der Waals surface area contributed by atoms with Crippen LogP contribution >= 0.6 is 0 Å². The van der Waals surface area contributed by atoms with Gasteiger partial charge < -0.3 is 10.6 Å². The molecule has 8 nitrogen and oxygen atoms in total. The van der Waals surface area contributed by atoms with Gasteiger partial charge >= 0.3 is 0 Å². The number of nitrogens with one attached hydrogen (secondary N) is 2. The molecule has 0 atom stereocenters. The highest BCUT2D eigenvalue weighted by Gasteiger charge is 2.22. The Bertz CT molecular complexity index is 957. The molecular weight excluding hydrogens is 370 g/mol. The van der Waals surface area contributed by atoms with Crippen LogP contribution in [0.3, 0.4) is 0 Å². The quantitative estimate of drug-likeness (QED) is 0.526. The van der Waals surface area contributed by atoms with Gasteiger partial charge in [0.1, 0.15) is 4.90 Å². The summed E-state index contributed by atoms with van der Waals surface area (Å²) in [6.07, 6.45) is 2.14. The Morgan fingerprint density at radius 2 is 1.89 bits per heavy atom. The Balaban J connectivity index is 2.15. The second kappa shape index (κ2) is 8.63. The lowest BCUT2D eigenvalue weighted by Crippen LogP contribution is -2.11. The molecule has 0 fully saturated rings. The topological polar surface area (TPSA) is 118 Å². The van der Waals surface area contributed by atoms with Crippen molar-refractivity contribution in [1.29, 1.82) is 0 Å². The lowest BCUT2D eigenvalue weighted by molar-refractivity contribution is -0.387. The van der Waals surface area contributed by atoms with Crippen LogP contribution in [-0.4, -0.2) is 25.5 Å². The Morgan fingerprint density at radius 3 is 2.52 bits per heavy atom. The van der Waals surface area contributed by atoms with Crippen molar-refractivity contribution in [1.82, 2.24) is 0 Å². The molecule has 0 bridgehead atoms. The molecule has 9 heteroatoms. The lowest BCUT2D eigenvalue weighted by Gasteiger charge is -2.10. The first-order valence-electron chi connectivity index (χ1n) is 8.32. The Kier molecular flexibility index (Phi) is 6.51. The normalized spacial score (nSPS) is 11.0. The number of amides is 1. The molecule has 2 rings (SSSR count). The summed E-state index contributed by atoms with van der Waals surface area (Å²) >= 11 is 0. The van der Waals surface area contributed by atoms with Crippen molar-refractivity contribution in [2.75, 3.05) is 16.9 Å². The van der Waals surface area contributed by atoms with Gasteiger partial charge in [0, 0.05) is 36.7 Å². The van der Waals surface area contributed by atoms with E-state index in [0.29, 0.717) is 24.3 Å². The standard InChI is InChI=1S/C18H21N3O5S/c1-3-5-18(22)20-15-7-4-6-13(10-15)12-19-14-8-9-16(21(23)24)17(11-14)27(2,25)26/h4,6-11,19H,3,5,12H2,1-2H3,(H,20,22). The van der Waals surface area contributed by atoms with E-state index in [9.17, 15) is 23.3 Å². The van der Waals surface area contributed by atoms with Crippen molar-refractivity contribution in [2.45, 2.75) is 31.2 Å². The molecule has 27 heavy (non-hydrogen) atoms. The third kappa shape index (κ3) is 5.78. The molecule has 2 aromatic rings. The van der Waals surface area contributed by atoms with Gasteiger partial charge in [-0.2, -0.15) is 0 Å². The summed E-state index contributed by atoms with van der Waals surface area (Å²) in [7, 11) is -3.74. The minimum atomic E-state index is -3.74. The van der Waals surface area contributed by atoms with E-state index in [0.717, 1.165) is 18.2 Å². The van der Waals surface area contributed by atoms with E-state index in [2.05, 4.69) is 10.6 Å². The molecule has 0 spiro atoms. The molecule has 144 valence electrons. The molecule has 2 N–H and O–H groups in total. The summed E-state index contributed by atoms with van der Waals surface area (Å²) in [5.41, 5.74) is 1.53. The third-order valence-electron chi connectivity index (χ3n) is 3.74. The van der Waals surface area contributed by atoms with Gasteiger partial charge in [-0.15, -0.1) is 0 Å². The van der Waals surface area contributed by atoms with Crippen LogP contribution in [0.15, 0.2) is 47.4 Å². The summed E-state index contributed by atoms with van der Waals surface area (Å²) < 4.78 is 23.6. The molecule has 0 aliphatic carbocycles. The number of rotatable bonds is 8. The molecule has 0 aromatic heterocycles. The monoisotopic (exact) mass is 391 g/mol. The van der Waals surface area contributed by atoms with Gasteiger partial charge in [-0.05, 0) is 36.2 Å². The predicted octanol–water partition coefficient (Wildman–Crippen LogP) is 3.35. The molecule has 0 saturated heterocycles. The fourth-order valence-corrected chi connectivity index (χ4v) is 3.35. The van der Waals surface area contributed by atoms with Gasteiger partial charge in [-0.3, -0.25) is 14.9 Å². The zero-order chi connectivity index (χ0) is 20.0. The second-order valence-electron chi connectivity index (χ2n) is 6.06. The van der Waals surface area contributed by atoms with Crippen molar-refractivity contribution in [3.05, 3.63) is 58.1 Å². The molecule has 0 unspecified atom stereocenters. The summed E-state index contributed by atoms with van der Waals surface area (Å²) in [6, 6.07) is 11.1. The number of nitrogens with zero attached hydrogens (tertiary/aromatic N) is 1. The third-order valence-corrected chi connectivity index (χ3v) is 4.87. The minimum Gasteiger partial charge on any atom is -0.381 e. The van der Waals surface area contributed by atoms with Crippen molar-refractivity contribution >= 4 is 32.8 Å². The maximum absolute atomic E-state index is 11.8. The molecule has 2 aromatic carbocycles. The number of anilines is 2. The highest BCUT2D eigenvalue weighted by molar-refractivity contribution is 7.90. The Hall–Kier alpha value is -2.94. The molecule has 0 aliphatic rings. The van der Waals surface area contributed by atoms with Gasteiger partial charge in [-0.1, -0.05) is 19.1 Å². The Morgan fingerprint density at radius 1 is 1.15 bits per heavy atom. The van der Waals surface area contributed by atoms with Gasteiger partial charge in [-0.25, -0.2) is 8.42 Å². The van der Waals surface area contributed by atoms with Crippen LogP contribution in [0.2, 0.25) is 0 Å². The van der Waals surface area contributed by atoms with E-state index in [-0.39, 0.29) is 10.8 Å². The van der Waals surface area contributed by atoms with Crippen LogP contribution < -0.4 is 10.6 Å². The van der Waals surface area contributed by atoms with Crippen molar-refractivity contribution < 1.29 is 18.1 Å². The molecule has 0 saturated carbocycles. The number of hydrogen-bond acceptors (Lipinski definition) is 6. The molecule has 0 heterocycles. The molecule has 1 amide bonds. The summed E-state index contributed by atoms with van der Waals surface area (Å²) in [5, 5.41) is 16.9. The zero-order valence-corrected chi connectivity index (χ0v) is 15.9. The van der Waals surface area contributed by atoms with Crippen LogP contribution in [0.25, 0.3) is 0 Å². The second-order valence-corrected chi connectivity index (χ2v) is 8.05. The van der Waals surface area contributed by atoms with E-state index in [1.807, 2.05) is 19.1 Å². The van der Waals surface area contributed by atoms with Gasteiger partial charge in [0.2, 0.25) is 5.91 Å². The lowest BCUT2D eigenvalue weighted by atomic mass is 10.2. The SMILES string of the molecule is CCCC(=O)Nc1cccc(CNc2ccc([N+](=O)[O-])c(S(C)(=O)=O)c2)c1. The predicted molar refractivity (Wildman–Crippen MR) is 104 cm³/mol. The number of benzene rings is 2. The van der Waals surface area contributed by atoms with Crippen LogP contribution in [-0.2, 0) is 21.2 Å². The number of sulfone groups is 1.